The normalized spacial score (nSPS) is 12.2. The van der Waals surface area contributed by atoms with Crippen molar-refractivity contribution in [3.05, 3.63) is 18.7 Å². The molecule has 2 aromatic rings. The fourth-order valence-electron chi connectivity index (χ4n) is 1.27. The van der Waals surface area contributed by atoms with Gasteiger partial charge in [-0.3, -0.25) is 0 Å². The number of aryl methyl sites for hydroxylation is 1. The van der Waals surface area contributed by atoms with Gasteiger partial charge in [-0.1, -0.05) is 5.21 Å². The lowest BCUT2D eigenvalue weighted by molar-refractivity contribution is 0.510. The topological polar surface area (TPSA) is 85.9 Å². The Kier molecular flexibility index (Phi) is 2.71. The second kappa shape index (κ2) is 3.93. The van der Waals surface area contributed by atoms with E-state index in [9.17, 15) is 8.42 Å². The highest BCUT2D eigenvalue weighted by atomic mass is 32.2. The second-order valence-corrected chi connectivity index (χ2v) is 5.67. The average Bonchev–Trinajstić information content (AvgIpc) is 2.85. The Morgan fingerprint density at radius 1 is 1.35 bits per heavy atom. The SMILES string of the molecule is CN(C)S(=O)(=O)n1cnc(-c2cnnn2C)c1. The third kappa shape index (κ3) is 1.94. The summed E-state index contributed by atoms with van der Waals surface area (Å²) in [6, 6.07) is 0. The molecule has 0 saturated carbocycles. The number of nitrogens with zero attached hydrogens (tertiary/aromatic N) is 6. The molecular formula is C8H12N6O2S. The summed E-state index contributed by atoms with van der Waals surface area (Å²) in [5.41, 5.74) is 1.15. The maximum Gasteiger partial charge on any atom is 0.308 e. The molecule has 0 unspecified atom stereocenters. The van der Waals surface area contributed by atoms with E-state index in [-0.39, 0.29) is 0 Å². The third-order valence-corrected chi connectivity index (χ3v) is 3.92. The lowest BCUT2D eigenvalue weighted by atomic mass is 10.4. The summed E-state index contributed by atoms with van der Waals surface area (Å²) in [5, 5.41) is 7.47. The zero-order valence-electron chi connectivity index (χ0n) is 9.64. The predicted octanol–water partition coefficient (Wildman–Crippen LogP) is -0.667. The van der Waals surface area contributed by atoms with E-state index in [1.165, 1.54) is 37.5 Å². The number of aromatic nitrogens is 5. The molecule has 0 aromatic carbocycles. The van der Waals surface area contributed by atoms with E-state index in [4.69, 9.17) is 0 Å². The summed E-state index contributed by atoms with van der Waals surface area (Å²) >= 11 is 0. The summed E-state index contributed by atoms with van der Waals surface area (Å²) in [4.78, 5) is 4.02. The van der Waals surface area contributed by atoms with E-state index < -0.39 is 10.2 Å². The Balaban J connectivity index is 2.45. The van der Waals surface area contributed by atoms with Crippen LogP contribution in [-0.2, 0) is 17.3 Å². The van der Waals surface area contributed by atoms with Crippen LogP contribution in [0.25, 0.3) is 11.4 Å². The molecule has 0 atom stereocenters. The fourth-order valence-corrected chi connectivity index (χ4v) is 2.05. The summed E-state index contributed by atoms with van der Waals surface area (Å²) in [7, 11) is 1.11. The molecule has 0 bridgehead atoms. The molecule has 2 rings (SSSR count). The molecule has 0 saturated heterocycles. The number of rotatable bonds is 3. The molecule has 17 heavy (non-hydrogen) atoms. The second-order valence-electron chi connectivity index (χ2n) is 3.62. The lowest BCUT2D eigenvalue weighted by Gasteiger charge is -2.10. The Bertz CT molecular complexity index is 626. The van der Waals surface area contributed by atoms with Crippen molar-refractivity contribution in [2.45, 2.75) is 0 Å². The highest BCUT2D eigenvalue weighted by Crippen LogP contribution is 2.15. The van der Waals surface area contributed by atoms with Crippen LogP contribution in [0.1, 0.15) is 0 Å². The first-order valence-electron chi connectivity index (χ1n) is 4.75. The first kappa shape index (κ1) is 11.7. The molecule has 0 fully saturated rings. The summed E-state index contributed by atoms with van der Waals surface area (Å²) in [6.07, 6.45) is 4.20. The zero-order chi connectivity index (χ0) is 12.6. The van der Waals surface area contributed by atoms with Gasteiger partial charge in [-0.15, -0.1) is 5.10 Å². The molecule has 0 aliphatic rings. The molecule has 0 amide bonds. The molecule has 0 N–H and O–H groups in total. The van der Waals surface area contributed by atoms with E-state index in [1.807, 2.05) is 0 Å². The van der Waals surface area contributed by atoms with Gasteiger partial charge in [0, 0.05) is 21.1 Å². The van der Waals surface area contributed by atoms with Crippen molar-refractivity contribution in [2.24, 2.45) is 7.05 Å². The van der Waals surface area contributed by atoms with Gasteiger partial charge in [-0.25, -0.2) is 13.6 Å². The molecule has 0 radical (unpaired) electrons. The Morgan fingerprint density at radius 3 is 2.59 bits per heavy atom. The van der Waals surface area contributed by atoms with Crippen molar-refractivity contribution in [3.63, 3.8) is 0 Å². The van der Waals surface area contributed by atoms with Crippen LogP contribution in [0, 0.1) is 0 Å². The molecular weight excluding hydrogens is 244 g/mol. The van der Waals surface area contributed by atoms with E-state index in [0.29, 0.717) is 11.4 Å². The van der Waals surface area contributed by atoms with Crippen LogP contribution >= 0.6 is 0 Å². The molecule has 2 aromatic heterocycles. The standard InChI is InChI=1S/C8H12N6O2S/c1-12(2)17(15,16)14-5-7(9-6-14)8-4-10-11-13(8)3/h4-6H,1-3H3. The smallest absolute Gasteiger partial charge is 0.246 e. The van der Waals surface area contributed by atoms with Crippen molar-refractivity contribution in [1.29, 1.82) is 0 Å². The van der Waals surface area contributed by atoms with Gasteiger partial charge in [0.05, 0.1) is 12.4 Å². The highest BCUT2D eigenvalue weighted by Gasteiger charge is 2.18. The molecule has 8 nitrogen and oxygen atoms in total. The van der Waals surface area contributed by atoms with Crippen molar-refractivity contribution in [2.75, 3.05) is 14.1 Å². The molecule has 0 aliphatic carbocycles. The Hall–Kier alpha value is -1.74. The van der Waals surface area contributed by atoms with Gasteiger partial charge >= 0.3 is 10.2 Å². The Morgan fingerprint density at radius 2 is 2.06 bits per heavy atom. The minimum Gasteiger partial charge on any atom is -0.246 e. The lowest BCUT2D eigenvalue weighted by Crippen LogP contribution is -2.27. The van der Waals surface area contributed by atoms with Crippen molar-refractivity contribution in [1.82, 2.24) is 28.3 Å². The van der Waals surface area contributed by atoms with Crippen LogP contribution in [0.15, 0.2) is 18.7 Å². The maximum atomic E-state index is 11.8. The van der Waals surface area contributed by atoms with Crippen LogP contribution in [0.3, 0.4) is 0 Å². The van der Waals surface area contributed by atoms with Gasteiger partial charge in [0.1, 0.15) is 17.7 Å². The first-order valence-corrected chi connectivity index (χ1v) is 6.14. The van der Waals surface area contributed by atoms with Crippen LogP contribution in [0.4, 0.5) is 0 Å². The summed E-state index contributed by atoms with van der Waals surface area (Å²) in [5.74, 6) is 0. The quantitative estimate of drug-likeness (QED) is 0.727. The van der Waals surface area contributed by atoms with E-state index >= 15 is 0 Å². The van der Waals surface area contributed by atoms with Crippen LogP contribution < -0.4 is 0 Å². The van der Waals surface area contributed by atoms with Crippen LogP contribution in [0.5, 0.6) is 0 Å². The predicted molar refractivity (Wildman–Crippen MR) is 60.2 cm³/mol. The van der Waals surface area contributed by atoms with Crippen LogP contribution in [-0.4, -0.2) is 50.8 Å². The van der Waals surface area contributed by atoms with Gasteiger partial charge in [0.2, 0.25) is 0 Å². The van der Waals surface area contributed by atoms with Crippen molar-refractivity contribution in [3.8, 4) is 11.4 Å². The number of hydrogen-bond donors (Lipinski definition) is 0. The van der Waals surface area contributed by atoms with E-state index in [2.05, 4.69) is 15.3 Å². The van der Waals surface area contributed by atoms with E-state index in [1.54, 1.807) is 7.05 Å². The zero-order valence-corrected chi connectivity index (χ0v) is 10.5. The molecule has 0 aliphatic heterocycles. The monoisotopic (exact) mass is 256 g/mol. The third-order valence-electron chi connectivity index (χ3n) is 2.26. The maximum absolute atomic E-state index is 11.8. The Labute approximate surface area is 98.7 Å². The molecule has 92 valence electrons. The minimum atomic E-state index is -3.52. The van der Waals surface area contributed by atoms with Crippen molar-refractivity contribution < 1.29 is 8.42 Å². The summed E-state index contributed by atoms with van der Waals surface area (Å²) < 4.78 is 27.3. The van der Waals surface area contributed by atoms with Gasteiger partial charge in [0.25, 0.3) is 0 Å². The molecule has 0 spiro atoms. The summed E-state index contributed by atoms with van der Waals surface area (Å²) in [6.45, 7) is 0. The highest BCUT2D eigenvalue weighted by molar-refractivity contribution is 7.87. The van der Waals surface area contributed by atoms with Gasteiger partial charge in [0.15, 0.2) is 0 Å². The van der Waals surface area contributed by atoms with E-state index in [0.717, 1.165) is 8.28 Å². The number of imidazole rings is 1. The van der Waals surface area contributed by atoms with Crippen molar-refractivity contribution >= 4 is 10.2 Å². The minimum absolute atomic E-state index is 0.503. The van der Waals surface area contributed by atoms with Gasteiger partial charge < -0.3 is 0 Å². The van der Waals surface area contributed by atoms with Gasteiger partial charge in [-0.05, 0) is 0 Å². The first-order chi connectivity index (χ1) is 7.93. The number of hydrogen-bond acceptors (Lipinski definition) is 5. The largest absolute Gasteiger partial charge is 0.308 e. The molecule has 9 heteroatoms. The average molecular weight is 256 g/mol. The van der Waals surface area contributed by atoms with Gasteiger partial charge in [-0.2, -0.15) is 12.7 Å². The van der Waals surface area contributed by atoms with Crippen LogP contribution in [0.2, 0.25) is 0 Å². The molecule has 2 heterocycles. The fraction of sp³-hybridized carbons (Fsp3) is 0.375.